The molecular weight excluding hydrogens is 268 g/mol. The van der Waals surface area contributed by atoms with Gasteiger partial charge in [-0.3, -0.25) is 4.79 Å². The summed E-state index contributed by atoms with van der Waals surface area (Å²) in [5.41, 5.74) is 5.61. The summed E-state index contributed by atoms with van der Waals surface area (Å²) in [6, 6.07) is 4.34. The van der Waals surface area contributed by atoms with Crippen molar-refractivity contribution < 1.29 is 4.79 Å². The van der Waals surface area contributed by atoms with Crippen LogP contribution < -0.4 is 11.1 Å². The van der Waals surface area contributed by atoms with E-state index >= 15 is 0 Å². The van der Waals surface area contributed by atoms with Crippen LogP contribution in [0.2, 0.25) is 0 Å². The van der Waals surface area contributed by atoms with Crippen LogP contribution in [-0.4, -0.2) is 18.5 Å². The van der Waals surface area contributed by atoms with E-state index in [9.17, 15) is 4.79 Å². The molecule has 1 aliphatic rings. The van der Waals surface area contributed by atoms with Gasteiger partial charge in [0.25, 0.3) is 0 Å². The average molecular weight is 294 g/mol. The first kappa shape index (κ1) is 15.5. The Morgan fingerprint density at radius 1 is 1.55 bits per heavy atom. The highest BCUT2D eigenvalue weighted by atomic mass is 32.1. The number of nitrogens with two attached hydrogens (primary N) is 1. The molecule has 1 fully saturated rings. The monoisotopic (exact) mass is 294 g/mol. The predicted octanol–water partition coefficient (Wildman–Crippen LogP) is 2.95. The normalized spacial score (nSPS) is 28.1. The second kappa shape index (κ2) is 6.72. The number of carbonyl (C=O) groups excluding carboxylic acids is 1. The maximum absolute atomic E-state index is 12.6. The minimum absolute atomic E-state index is 0.163. The van der Waals surface area contributed by atoms with Crippen molar-refractivity contribution in [3.05, 3.63) is 22.4 Å². The summed E-state index contributed by atoms with van der Waals surface area (Å²) >= 11 is 1.74. The van der Waals surface area contributed by atoms with Gasteiger partial charge in [0.05, 0.1) is 5.41 Å². The molecule has 0 bridgehead atoms. The Bertz CT molecular complexity index is 422. The van der Waals surface area contributed by atoms with Crippen LogP contribution in [0.15, 0.2) is 17.5 Å². The molecular formula is C16H26N2OS. The Hall–Kier alpha value is -0.870. The van der Waals surface area contributed by atoms with E-state index < -0.39 is 0 Å². The van der Waals surface area contributed by atoms with E-state index in [0.29, 0.717) is 6.54 Å². The van der Waals surface area contributed by atoms with Crippen molar-refractivity contribution in [1.29, 1.82) is 0 Å². The van der Waals surface area contributed by atoms with Crippen LogP contribution in [0.5, 0.6) is 0 Å². The molecule has 1 unspecified atom stereocenters. The fraction of sp³-hybridized carbons (Fsp3) is 0.688. The number of rotatable bonds is 5. The SMILES string of the molecule is CC1CCC(CN)(C(=O)NC(C)Cc2cccs2)CC1. The molecule has 1 aromatic rings. The van der Waals surface area contributed by atoms with E-state index in [1.54, 1.807) is 11.3 Å². The minimum Gasteiger partial charge on any atom is -0.353 e. The molecule has 0 aliphatic heterocycles. The number of nitrogens with one attached hydrogen (secondary N) is 1. The fourth-order valence-corrected chi connectivity index (χ4v) is 3.83. The molecule has 20 heavy (non-hydrogen) atoms. The van der Waals surface area contributed by atoms with Crippen molar-refractivity contribution in [1.82, 2.24) is 5.32 Å². The molecule has 112 valence electrons. The van der Waals surface area contributed by atoms with E-state index in [1.807, 2.05) is 0 Å². The highest BCUT2D eigenvalue weighted by Crippen LogP contribution is 2.38. The quantitative estimate of drug-likeness (QED) is 0.877. The van der Waals surface area contributed by atoms with E-state index in [2.05, 4.69) is 36.7 Å². The maximum atomic E-state index is 12.6. The van der Waals surface area contributed by atoms with Gasteiger partial charge < -0.3 is 11.1 Å². The third kappa shape index (κ3) is 3.61. The lowest BCUT2D eigenvalue weighted by Gasteiger charge is -2.37. The summed E-state index contributed by atoms with van der Waals surface area (Å²) in [5.74, 6) is 0.891. The molecule has 1 aromatic heterocycles. The van der Waals surface area contributed by atoms with Gasteiger partial charge in [-0.2, -0.15) is 0 Å². The number of thiophene rings is 1. The highest BCUT2D eigenvalue weighted by molar-refractivity contribution is 7.09. The summed E-state index contributed by atoms with van der Waals surface area (Å²) in [6.07, 6.45) is 5.00. The molecule has 3 N–H and O–H groups in total. The summed E-state index contributed by atoms with van der Waals surface area (Å²) in [5, 5.41) is 5.26. The predicted molar refractivity (Wildman–Crippen MR) is 84.7 cm³/mol. The zero-order chi connectivity index (χ0) is 14.6. The van der Waals surface area contributed by atoms with Crippen LogP contribution in [0.1, 0.15) is 44.4 Å². The highest BCUT2D eigenvalue weighted by Gasteiger charge is 2.40. The van der Waals surface area contributed by atoms with Crippen molar-refractivity contribution in [2.45, 2.75) is 52.0 Å². The minimum atomic E-state index is -0.323. The lowest BCUT2D eigenvalue weighted by molar-refractivity contribution is -0.133. The Kier molecular flexibility index (Phi) is 5.22. The first-order chi connectivity index (χ1) is 9.55. The van der Waals surface area contributed by atoms with Crippen LogP contribution >= 0.6 is 11.3 Å². The molecule has 1 amide bonds. The van der Waals surface area contributed by atoms with Gasteiger partial charge in [0.2, 0.25) is 5.91 Å². The van der Waals surface area contributed by atoms with Crippen molar-refractivity contribution in [2.24, 2.45) is 17.1 Å². The molecule has 1 atom stereocenters. The summed E-state index contributed by atoms with van der Waals surface area (Å²) in [4.78, 5) is 13.9. The lowest BCUT2D eigenvalue weighted by Crippen LogP contribution is -2.50. The molecule has 0 aromatic carbocycles. The molecule has 1 aliphatic carbocycles. The zero-order valence-electron chi connectivity index (χ0n) is 12.5. The van der Waals surface area contributed by atoms with Crippen molar-refractivity contribution in [2.75, 3.05) is 6.54 Å². The van der Waals surface area contributed by atoms with Gasteiger partial charge in [0.1, 0.15) is 0 Å². The molecule has 0 saturated heterocycles. The standard InChI is InChI=1S/C16H26N2OS/c1-12-5-7-16(11-17,8-6-12)15(19)18-13(2)10-14-4-3-9-20-14/h3-4,9,12-13H,5-8,10-11,17H2,1-2H3,(H,18,19). The largest absolute Gasteiger partial charge is 0.353 e. The maximum Gasteiger partial charge on any atom is 0.227 e. The third-order valence-electron chi connectivity index (χ3n) is 4.57. The van der Waals surface area contributed by atoms with Gasteiger partial charge in [0.15, 0.2) is 0 Å². The van der Waals surface area contributed by atoms with Crippen LogP contribution in [0.4, 0.5) is 0 Å². The number of hydrogen-bond acceptors (Lipinski definition) is 3. The second-order valence-corrected chi connectivity index (χ2v) is 7.36. The van der Waals surface area contributed by atoms with Gasteiger partial charge in [-0.05, 0) is 50.0 Å². The zero-order valence-corrected chi connectivity index (χ0v) is 13.3. The first-order valence-electron chi connectivity index (χ1n) is 7.59. The van der Waals surface area contributed by atoms with Gasteiger partial charge in [-0.25, -0.2) is 0 Å². The van der Waals surface area contributed by atoms with Gasteiger partial charge in [-0.1, -0.05) is 13.0 Å². The second-order valence-electron chi connectivity index (χ2n) is 6.32. The fourth-order valence-electron chi connectivity index (χ4n) is 3.00. The summed E-state index contributed by atoms with van der Waals surface area (Å²) in [7, 11) is 0. The van der Waals surface area contributed by atoms with Crippen molar-refractivity contribution >= 4 is 17.2 Å². The Balaban J connectivity index is 1.92. The van der Waals surface area contributed by atoms with Crippen LogP contribution in [0.3, 0.4) is 0 Å². The third-order valence-corrected chi connectivity index (χ3v) is 5.47. The van der Waals surface area contributed by atoms with Crippen molar-refractivity contribution in [3.63, 3.8) is 0 Å². The van der Waals surface area contributed by atoms with E-state index in [-0.39, 0.29) is 17.4 Å². The number of carbonyl (C=O) groups is 1. The molecule has 0 radical (unpaired) electrons. The molecule has 1 heterocycles. The first-order valence-corrected chi connectivity index (χ1v) is 8.47. The number of amides is 1. The Labute approximate surface area is 125 Å². The number of hydrogen-bond donors (Lipinski definition) is 2. The molecule has 4 heteroatoms. The summed E-state index contributed by atoms with van der Waals surface area (Å²) < 4.78 is 0. The lowest BCUT2D eigenvalue weighted by atomic mass is 9.70. The molecule has 3 nitrogen and oxygen atoms in total. The topological polar surface area (TPSA) is 55.1 Å². The van der Waals surface area contributed by atoms with E-state index in [4.69, 9.17) is 5.73 Å². The molecule has 1 saturated carbocycles. The molecule has 0 spiro atoms. The smallest absolute Gasteiger partial charge is 0.227 e. The Morgan fingerprint density at radius 3 is 2.80 bits per heavy atom. The van der Waals surface area contributed by atoms with E-state index in [1.165, 1.54) is 4.88 Å². The van der Waals surface area contributed by atoms with Gasteiger partial charge in [0, 0.05) is 23.9 Å². The van der Waals surface area contributed by atoms with E-state index in [0.717, 1.165) is 38.0 Å². The average Bonchev–Trinajstić information content (AvgIpc) is 2.92. The van der Waals surface area contributed by atoms with Crippen molar-refractivity contribution in [3.8, 4) is 0 Å². The van der Waals surface area contributed by atoms with Gasteiger partial charge >= 0.3 is 0 Å². The molecule has 2 rings (SSSR count). The van der Waals surface area contributed by atoms with Crippen LogP contribution in [-0.2, 0) is 11.2 Å². The Morgan fingerprint density at radius 2 is 2.25 bits per heavy atom. The van der Waals surface area contributed by atoms with Crippen LogP contribution in [0.25, 0.3) is 0 Å². The van der Waals surface area contributed by atoms with Gasteiger partial charge in [-0.15, -0.1) is 11.3 Å². The van der Waals surface area contributed by atoms with Crippen LogP contribution in [0, 0.1) is 11.3 Å². The summed E-state index contributed by atoms with van der Waals surface area (Å²) in [6.45, 7) is 4.81.